The molecule has 21 heavy (non-hydrogen) atoms. The number of nitrogens with one attached hydrogen (secondary N) is 1. The fraction of sp³-hybridized carbons (Fsp3) is 0.500. The summed E-state index contributed by atoms with van der Waals surface area (Å²) in [5.74, 6) is 2.11. The molecule has 1 aliphatic rings. The van der Waals surface area contributed by atoms with Crippen molar-refractivity contribution in [3.63, 3.8) is 0 Å². The number of amides is 1. The van der Waals surface area contributed by atoms with Gasteiger partial charge in [0.15, 0.2) is 0 Å². The number of carbonyl (C=O) groups excluding carboxylic acids is 1. The highest BCUT2D eigenvalue weighted by Crippen LogP contribution is 2.30. The molecule has 0 atom stereocenters. The molecule has 0 radical (unpaired) electrons. The van der Waals surface area contributed by atoms with Crippen LogP contribution in [-0.4, -0.2) is 18.2 Å². The largest absolute Gasteiger partial charge is 0.353 e. The van der Waals surface area contributed by atoms with Crippen molar-refractivity contribution in [3.8, 4) is 0 Å². The van der Waals surface area contributed by atoms with Gasteiger partial charge in [-0.15, -0.1) is 11.8 Å². The molecule has 0 aromatic heterocycles. The molecule has 1 aromatic carbocycles. The highest BCUT2D eigenvalue weighted by atomic mass is 32.2. The summed E-state index contributed by atoms with van der Waals surface area (Å²) >= 11 is 1.96. The molecule has 2 nitrogen and oxygen atoms in total. The van der Waals surface area contributed by atoms with Crippen LogP contribution in [0.2, 0.25) is 0 Å². The van der Waals surface area contributed by atoms with E-state index in [1.165, 1.54) is 42.8 Å². The van der Waals surface area contributed by atoms with Crippen LogP contribution < -0.4 is 5.32 Å². The summed E-state index contributed by atoms with van der Waals surface area (Å²) in [5.41, 5.74) is 1.07. The third-order valence-corrected chi connectivity index (χ3v) is 5.11. The zero-order valence-corrected chi connectivity index (χ0v) is 13.6. The molecular formula is C18H25NOS. The number of hydrogen-bond donors (Lipinski definition) is 1. The van der Waals surface area contributed by atoms with Crippen molar-refractivity contribution in [3.05, 3.63) is 35.9 Å². The van der Waals surface area contributed by atoms with Gasteiger partial charge >= 0.3 is 0 Å². The molecule has 1 aliphatic carbocycles. The van der Waals surface area contributed by atoms with Crippen LogP contribution in [0.4, 0.5) is 0 Å². The normalized spacial score (nSPS) is 16.2. The molecule has 0 aliphatic heterocycles. The van der Waals surface area contributed by atoms with E-state index in [9.17, 15) is 4.79 Å². The van der Waals surface area contributed by atoms with Crippen molar-refractivity contribution in [2.75, 3.05) is 12.3 Å². The molecule has 0 heterocycles. The maximum atomic E-state index is 11.4. The minimum Gasteiger partial charge on any atom is -0.353 e. The Balaban J connectivity index is 1.79. The van der Waals surface area contributed by atoms with E-state index in [0.29, 0.717) is 6.54 Å². The van der Waals surface area contributed by atoms with Crippen LogP contribution in [0.25, 0.3) is 6.08 Å². The predicted octanol–water partition coefficient (Wildman–Crippen LogP) is 4.51. The molecule has 0 unspecified atom stereocenters. The topological polar surface area (TPSA) is 29.1 Å². The van der Waals surface area contributed by atoms with Crippen LogP contribution in [0.3, 0.4) is 0 Å². The summed E-state index contributed by atoms with van der Waals surface area (Å²) < 4.78 is 0. The van der Waals surface area contributed by atoms with Gasteiger partial charge in [0.05, 0.1) is 0 Å². The Morgan fingerprint density at radius 2 is 1.95 bits per heavy atom. The molecule has 1 fully saturated rings. The Hall–Kier alpha value is -1.22. The summed E-state index contributed by atoms with van der Waals surface area (Å²) in [5, 5.41) is 2.75. The SMILES string of the molecule is CCNC(=O)/C=C/c1ccc(SCC2CCCCC2)cc1. The second-order valence-electron chi connectivity index (χ2n) is 5.61. The number of hydrogen-bond acceptors (Lipinski definition) is 2. The van der Waals surface area contributed by atoms with Crippen molar-refractivity contribution in [2.24, 2.45) is 5.92 Å². The summed E-state index contributed by atoms with van der Waals surface area (Å²) in [6.45, 7) is 2.59. The Morgan fingerprint density at radius 3 is 2.62 bits per heavy atom. The molecule has 1 saturated carbocycles. The lowest BCUT2D eigenvalue weighted by molar-refractivity contribution is -0.116. The minimum absolute atomic E-state index is 0.0340. The lowest BCUT2D eigenvalue weighted by Crippen LogP contribution is -2.19. The first-order valence-corrected chi connectivity index (χ1v) is 8.95. The zero-order valence-electron chi connectivity index (χ0n) is 12.8. The highest BCUT2D eigenvalue weighted by Gasteiger charge is 2.13. The van der Waals surface area contributed by atoms with E-state index in [2.05, 4.69) is 29.6 Å². The Labute approximate surface area is 132 Å². The van der Waals surface area contributed by atoms with Gasteiger partial charge in [-0.2, -0.15) is 0 Å². The van der Waals surface area contributed by atoms with Crippen molar-refractivity contribution in [1.82, 2.24) is 5.32 Å². The average Bonchev–Trinajstić information content (AvgIpc) is 2.53. The highest BCUT2D eigenvalue weighted by molar-refractivity contribution is 7.99. The van der Waals surface area contributed by atoms with E-state index in [0.717, 1.165) is 11.5 Å². The maximum absolute atomic E-state index is 11.4. The third kappa shape index (κ3) is 5.96. The monoisotopic (exact) mass is 303 g/mol. The van der Waals surface area contributed by atoms with Crippen LogP contribution in [0, 0.1) is 5.92 Å². The number of benzene rings is 1. The van der Waals surface area contributed by atoms with Gasteiger partial charge in [-0.25, -0.2) is 0 Å². The second-order valence-corrected chi connectivity index (χ2v) is 6.71. The van der Waals surface area contributed by atoms with E-state index in [-0.39, 0.29) is 5.91 Å². The first-order valence-electron chi connectivity index (χ1n) is 7.96. The predicted molar refractivity (Wildman–Crippen MR) is 91.5 cm³/mol. The minimum atomic E-state index is -0.0340. The first-order chi connectivity index (χ1) is 10.3. The maximum Gasteiger partial charge on any atom is 0.243 e. The van der Waals surface area contributed by atoms with E-state index in [4.69, 9.17) is 0 Å². The third-order valence-electron chi connectivity index (χ3n) is 3.87. The van der Waals surface area contributed by atoms with Crippen LogP contribution in [0.5, 0.6) is 0 Å². The van der Waals surface area contributed by atoms with E-state index < -0.39 is 0 Å². The smallest absolute Gasteiger partial charge is 0.243 e. The fourth-order valence-electron chi connectivity index (χ4n) is 2.65. The van der Waals surface area contributed by atoms with E-state index in [1.54, 1.807) is 6.08 Å². The number of carbonyl (C=O) groups is 1. The molecule has 1 aromatic rings. The standard InChI is InChI=1S/C18H25NOS/c1-2-19-18(20)13-10-15-8-11-17(12-9-15)21-14-16-6-4-3-5-7-16/h8-13,16H,2-7,14H2,1H3,(H,19,20)/b13-10+. The van der Waals surface area contributed by atoms with Crippen LogP contribution >= 0.6 is 11.8 Å². The quantitative estimate of drug-likeness (QED) is 0.619. The average molecular weight is 303 g/mol. The first kappa shape index (κ1) is 16.2. The van der Waals surface area contributed by atoms with Crippen molar-refractivity contribution in [1.29, 1.82) is 0 Å². The lowest BCUT2D eigenvalue weighted by Gasteiger charge is -2.20. The number of thioether (sulfide) groups is 1. The van der Waals surface area contributed by atoms with Gasteiger partial charge in [-0.1, -0.05) is 31.4 Å². The molecule has 1 amide bonds. The molecule has 2 rings (SSSR count). The van der Waals surface area contributed by atoms with Gasteiger partial charge in [0, 0.05) is 23.3 Å². The summed E-state index contributed by atoms with van der Waals surface area (Å²) in [7, 11) is 0. The number of rotatable bonds is 6. The van der Waals surface area contributed by atoms with Crippen LogP contribution in [0.1, 0.15) is 44.6 Å². The Morgan fingerprint density at radius 1 is 1.24 bits per heavy atom. The Kier molecular flexibility index (Phi) is 6.87. The molecule has 1 N–H and O–H groups in total. The molecular weight excluding hydrogens is 278 g/mol. The van der Waals surface area contributed by atoms with Crippen molar-refractivity contribution < 1.29 is 4.79 Å². The summed E-state index contributed by atoms with van der Waals surface area (Å²) in [6, 6.07) is 8.48. The molecule has 0 spiro atoms. The van der Waals surface area contributed by atoms with Gasteiger partial charge in [-0.05, 0) is 49.5 Å². The molecule has 114 valence electrons. The van der Waals surface area contributed by atoms with Gasteiger partial charge in [0.2, 0.25) is 5.91 Å². The van der Waals surface area contributed by atoms with Gasteiger partial charge in [0.1, 0.15) is 0 Å². The fourth-order valence-corrected chi connectivity index (χ4v) is 3.74. The van der Waals surface area contributed by atoms with Crippen LogP contribution in [-0.2, 0) is 4.79 Å². The van der Waals surface area contributed by atoms with E-state index >= 15 is 0 Å². The number of likely N-dealkylation sites (N-methyl/N-ethyl adjacent to an activating group) is 1. The molecule has 0 bridgehead atoms. The lowest BCUT2D eigenvalue weighted by atomic mass is 9.91. The summed E-state index contributed by atoms with van der Waals surface area (Å²) in [6.07, 6.45) is 10.5. The zero-order chi connectivity index (χ0) is 14.9. The second kappa shape index (κ2) is 8.93. The summed E-state index contributed by atoms with van der Waals surface area (Å²) in [4.78, 5) is 12.7. The van der Waals surface area contributed by atoms with Gasteiger partial charge in [-0.3, -0.25) is 4.79 Å². The molecule has 0 saturated heterocycles. The van der Waals surface area contributed by atoms with Crippen molar-refractivity contribution >= 4 is 23.7 Å². The Bertz CT molecular complexity index is 461. The van der Waals surface area contributed by atoms with Gasteiger partial charge in [0.25, 0.3) is 0 Å². The molecule has 3 heteroatoms. The van der Waals surface area contributed by atoms with Crippen LogP contribution in [0.15, 0.2) is 35.2 Å². The van der Waals surface area contributed by atoms with Crippen molar-refractivity contribution in [2.45, 2.75) is 43.9 Å². The van der Waals surface area contributed by atoms with Gasteiger partial charge < -0.3 is 5.32 Å². The van der Waals surface area contributed by atoms with E-state index in [1.807, 2.05) is 24.8 Å².